The first kappa shape index (κ1) is 18.4. The van der Waals surface area contributed by atoms with Crippen molar-refractivity contribution in [3.8, 4) is 0 Å². The van der Waals surface area contributed by atoms with Crippen LogP contribution in [0.1, 0.15) is 51.0 Å². The van der Waals surface area contributed by atoms with Crippen molar-refractivity contribution in [3.63, 3.8) is 0 Å². The van der Waals surface area contributed by atoms with Gasteiger partial charge in [-0.3, -0.25) is 4.55 Å². The Kier molecular flexibility index (Phi) is 10.9. The maximum Gasteiger partial charge on any atom is 0.353 e. The highest BCUT2D eigenvalue weighted by atomic mass is 35.7. The van der Waals surface area contributed by atoms with Crippen LogP contribution in [0, 0.1) is 0 Å². The smallest absolute Gasteiger partial charge is 0.273 e. The van der Waals surface area contributed by atoms with Gasteiger partial charge in [-0.25, -0.2) is 0 Å². The third kappa shape index (κ3) is 17.4. The van der Waals surface area contributed by atoms with E-state index >= 15 is 0 Å². The van der Waals surface area contributed by atoms with E-state index in [-0.39, 0.29) is 0 Å². The van der Waals surface area contributed by atoms with E-state index in [1.807, 2.05) is 0 Å². The van der Waals surface area contributed by atoms with E-state index in [1.165, 1.54) is 50.5 Å². The second kappa shape index (κ2) is 11.3. The highest BCUT2D eigenvalue weighted by molar-refractivity contribution is 8.09. The lowest BCUT2D eigenvalue weighted by molar-refractivity contribution is 0.501. The van der Waals surface area contributed by atoms with Crippen LogP contribution in [0.4, 0.5) is 0 Å². The summed E-state index contributed by atoms with van der Waals surface area (Å²) in [5, 5.41) is 0. The van der Waals surface area contributed by atoms with Crippen LogP contribution in [0.15, 0.2) is 30.3 Å². The van der Waals surface area contributed by atoms with Crippen molar-refractivity contribution in [2.45, 2.75) is 51.9 Å². The Morgan fingerprint density at radius 1 is 1.00 bits per heavy atom. The summed E-state index contributed by atoms with van der Waals surface area (Å²) in [4.78, 5) is 0. The molecule has 0 saturated heterocycles. The van der Waals surface area contributed by atoms with Gasteiger partial charge in [0.1, 0.15) is 0 Å². The molecular formula is C14H23ClO3S. The Morgan fingerprint density at radius 2 is 1.47 bits per heavy atom. The number of hydrogen-bond acceptors (Lipinski definition) is 2. The first-order valence-corrected chi connectivity index (χ1v) is 8.91. The lowest BCUT2D eigenvalue weighted by Gasteiger charge is -2.01. The maximum absolute atomic E-state index is 8.95. The van der Waals surface area contributed by atoms with Crippen molar-refractivity contribution < 1.29 is 13.0 Å². The number of halogens is 1. The molecular weight excluding hydrogens is 284 g/mol. The first-order chi connectivity index (χ1) is 8.93. The second-order valence-electron chi connectivity index (χ2n) is 4.42. The topological polar surface area (TPSA) is 54.4 Å². The summed E-state index contributed by atoms with van der Waals surface area (Å²) in [6.45, 7) is 2.27. The highest BCUT2D eigenvalue weighted by Crippen LogP contribution is 2.09. The Morgan fingerprint density at radius 3 is 2.00 bits per heavy atom. The number of aryl methyl sites for hydroxylation is 1. The van der Waals surface area contributed by atoms with Gasteiger partial charge in [-0.15, -0.1) is 0 Å². The van der Waals surface area contributed by atoms with Crippen LogP contribution in [-0.4, -0.2) is 13.0 Å². The average Bonchev–Trinajstić information content (AvgIpc) is 2.33. The zero-order valence-corrected chi connectivity index (χ0v) is 13.0. The molecule has 3 nitrogen and oxygen atoms in total. The third-order valence-electron chi connectivity index (χ3n) is 2.66. The molecule has 0 fully saturated rings. The number of rotatable bonds is 7. The van der Waals surface area contributed by atoms with Gasteiger partial charge in [0.05, 0.1) is 0 Å². The van der Waals surface area contributed by atoms with Crippen LogP contribution in [0.3, 0.4) is 0 Å². The molecule has 0 aliphatic carbocycles. The van der Waals surface area contributed by atoms with Crippen molar-refractivity contribution in [3.05, 3.63) is 35.9 Å². The Bertz CT molecular complexity index is 396. The van der Waals surface area contributed by atoms with Gasteiger partial charge < -0.3 is 0 Å². The number of benzene rings is 1. The van der Waals surface area contributed by atoms with Crippen LogP contribution in [0.5, 0.6) is 0 Å². The number of unbranched alkanes of at least 4 members (excludes halogenated alkanes) is 5. The summed E-state index contributed by atoms with van der Waals surface area (Å²) in [5.74, 6) is 0. The van der Waals surface area contributed by atoms with E-state index in [9.17, 15) is 0 Å². The summed E-state index contributed by atoms with van der Waals surface area (Å²) in [6, 6.07) is 10.8. The SMILES string of the molecule is CCCCCCCCc1ccccc1.O=S(=O)(O)Cl. The van der Waals surface area contributed by atoms with Gasteiger partial charge in [-0.05, 0) is 18.4 Å². The monoisotopic (exact) mass is 306 g/mol. The minimum absolute atomic E-state index is 1.26. The number of hydrogen-bond donors (Lipinski definition) is 1. The fourth-order valence-electron chi connectivity index (χ4n) is 1.75. The van der Waals surface area contributed by atoms with E-state index in [0.29, 0.717) is 0 Å². The largest absolute Gasteiger partial charge is 0.353 e. The molecule has 0 bridgehead atoms. The van der Waals surface area contributed by atoms with Crippen LogP contribution in [0.2, 0.25) is 0 Å². The van der Waals surface area contributed by atoms with Crippen molar-refractivity contribution >= 4 is 20.0 Å². The molecule has 1 N–H and O–H groups in total. The van der Waals surface area contributed by atoms with Gasteiger partial charge in [0.2, 0.25) is 0 Å². The molecule has 19 heavy (non-hydrogen) atoms. The molecule has 5 heteroatoms. The predicted octanol–water partition coefficient (Wildman–Crippen LogP) is 4.62. The molecule has 1 aromatic rings. The predicted molar refractivity (Wildman–Crippen MR) is 80.9 cm³/mol. The minimum atomic E-state index is -4.19. The lowest BCUT2D eigenvalue weighted by Crippen LogP contribution is -1.85. The lowest BCUT2D eigenvalue weighted by atomic mass is 10.1. The standard InChI is InChI=1S/C14H22.ClHO3S/c1-2-3-4-5-6-8-11-14-12-9-7-10-13-14;1-5(2,3)4/h7,9-10,12-13H,2-6,8,11H2,1H3;(H,2,3,4). The van der Waals surface area contributed by atoms with Gasteiger partial charge in [0.15, 0.2) is 0 Å². The second-order valence-corrected chi connectivity index (χ2v) is 6.41. The van der Waals surface area contributed by atoms with Crippen molar-refractivity contribution in [2.75, 3.05) is 0 Å². The molecule has 0 unspecified atom stereocenters. The van der Waals surface area contributed by atoms with Crippen LogP contribution in [-0.2, 0) is 15.8 Å². The van der Waals surface area contributed by atoms with Gasteiger partial charge >= 0.3 is 9.33 Å². The van der Waals surface area contributed by atoms with Crippen molar-refractivity contribution in [1.82, 2.24) is 0 Å². The highest BCUT2D eigenvalue weighted by Gasteiger charge is 1.92. The molecule has 0 saturated carbocycles. The van der Waals surface area contributed by atoms with E-state index in [2.05, 4.69) is 47.9 Å². The van der Waals surface area contributed by atoms with Gasteiger partial charge in [0, 0.05) is 10.7 Å². The molecule has 0 amide bonds. The van der Waals surface area contributed by atoms with E-state index in [1.54, 1.807) is 0 Å². The molecule has 0 aromatic heterocycles. The molecule has 1 aromatic carbocycles. The Hall–Kier alpha value is -0.580. The summed E-state index contributed by atoms with van der Waals surface area (Å²) in [7, 11) is -0.137. The molecule has 0 radical (unpaired) electrons. The average molecular weight is 307 g/mol. The third-order valence-corrected chi connectivity index (χ3v) is 2.66. The minimum Gasteiger partial charge on any atom is -0.273 e. The molecule has 0 aliphatic rings. The molecule has 0 heterocycles. The summed E-state index contributed by atoms with van der Waals surface area (Å²) >= 11 is 0. The summed E-state index contributed by atoms with van der Waals surface area (Å²) < 4.78 is 25.2. The normalized spacial score (nSPS) is 10.7. The van der Waals surface area contributed by atoms with Crippen molar-refractivity contribution in [1.29, 1.82) is 0 Å². The zero-order chi connectivity index (χ0) is 14.6. The van der Waals surface area contributed by atoms with Crippen LogP contribution >= 0.6 is 10.7 Å². The Balaban J connectivity index is 0.000000555. The molecule has 0 aliphatic heterocycles. The van der Waals surface area contributed by atoms with Gasteiger partial charge in [0.25, 0.3) is 0 Å². The summed E-state index contributed by atoms with van der Waals surface area (Å²) in [5.41, 5.74) is 1.49. The van der Waals surface area contributed by atoms with E-state index in [0.717, 1.165) is 0 Å². The molecule has 1 rings (SSSR count). The molecule has 0 atom stereocenters. The van der Waals surface area contributed by atoms with Crippen molar-refractivity contribution in [2.24, 2.45) is 0 Å². The van der Waals surface area contributed by atoms with Crippen LogP contribution in [0.25, 0.3) is 0 Å². The Labute approximate surface area is 121 Å². The fourth-order valence-corrected chi connectivity index (χ4v) is 1.75. The molecule has 110 valence electrons. The van der Waals surface area contributed by atoms with Gasteiger partial charge in [-0.2, -0.15) is 8.42 Å². The summed E-state index contributed by atoms with van der Waals surface area (Å²) in [6.07, 6.45) is 9.60. The van der Waals surface area contributed by atoms with E-state index < -0.39 is 9.33 Å². The zero-order valence-electron chi connectivity index (χ0n) is 11.4. The quantitative estimate of drug-likeness (QED) is 0.454. The first-order valence-electron chi connectivity index (χ1n) is 6.64. The van der Waals surface area contributed by atoms with E-state index in [4.69, 9.17) is 13.0 Å². The van der Waals surface area contributed by atoms with Crippen LogP contribution < -0.4 is 0 Å². The maximum atomic E-state index is 8.95. The molecule has 0 spiro atoms. The fraction of sp³-hybridized carbons (Fsp3) is 0.571. The van der Waals surface area contributed by atoms with Gasteiger partial charge in [-0.1, -0.05) is 69.4 Å².